The molecule has 0 radical (unpaired) electrons. The fourth-order valence-electron chi connectivity index (χ4n) is 4.09. The highest BCUT2D eigenvalue weighted by atomic mass is 16.5. The first-order valence-corrected chi connectivity index (χ1v) is 10.5. The second-order valence-corrected chi connectivity index (χ2v) is 7.81. The van der Waals surface area contributed by atoms with E-state index in [0.29, 0.717) is 6.61 Å². The predicted molar refractivity (Wildman–Crippen MR) is 119 cm³/mol. The molecule has 0 saturated carbocycles. The highest BCUT2D eigenvalue weighted by molar-refractivity contribution is 5.79. The Hall–Kier alpha value is -2.99. The predicted octanol–water partition coefficient (Wildman–Crippen LogP) is 3.84. The average Bonchev–Trinajstić information content (AvgIpc) is 3.14. The van der Waals surface area contributed by atoms with Gasteiger partial charge in [-0.25, -0.2) is 0 Å². The van der Waals surface area contributed by atoms with Crippen molar-refractivity contribution in [1.29, 1.82) is 0 Å². The summed E-state index contributed by atoms with van der Waals surface area (Å²) in [5.41, 5.74) is 11.7. The SMILES string of the molecule is NC(CC(CO)C(=O)OCC1c2ccccc2-c2ccccc21)OCc1ccccc1. The standard InChI is InChI=1S/C26H27NO4/c27-25(30-16-18-8-2-1-3-9-18)14-19(15-28)26(29)31-17-24-22-12-6-4-10-20(22)21-11-5-7-13-23(21)24/h1-13,19,24-25,28H,14-17,27H2. The maximum Gasteiger partial charge on any atom is 0.311 e. The third kappa shape index (κ3) is 4.85. The molecule has 0 aromatic heterocycles. The van der Waals surface area contributed by atoms with Gasteiger partial charge in [0, 0.05) is 12.3 Å². The number of ether oxygens (including phenoxy) is 2. The fourth-order valence-corrected chi connectivity index (χ4v) is 4.09. The molecular formula is C26H27NO4. The van der Waals surface area contributed by atoms with Crippen molar-refractivity contribution in [3.05, 3.63) is 95.6 Å². The number of aliphatic hydroxyl groups excluding tert-OH is 1. The van der Waals surface area contributed by atoms with Gasteiger partial charge in [-0.05, 0) is 27.8 Å². The van der Waals surface area contributed by atoms with Crippen LogP contribution in [0.3, 0.4) is 0 Å². The molecule has 1 aliphatic carbocycles. The molecule has 0 amide bonds. The molecule has 0 heterocycles. The summed E-state index contributed by atoms with van der Waals surface area (Å²) in [6.07, 6.45) is -0.474. The molecule has 31 heavy (non-hydrogen) atoms. The molecule has 160 valence electrons. The fraction of sp³-hybridized carbons (Fsp3) is 0.269. The van der Waals surface area contributed by atoms with Gasteiger partial charge in [0.05, 0.1) is 19.1 Å². The van der Waals surface area contributed by atoms with Gasteiger partial charge in [0.25, 0.3) is 0 Å². The second kappa shape index (κ2) is 9.88. The lowest BCUT2D eigenvalue weighted by molar-refractivity contribution is -0.152. The van der Waals surface area contributed by atoms with Crippen molar-refractivity contribution in [1.82, 2.24) is 0 Å². The van der Waals surface area contributed by atoms with E-state index in [1.807, 2.05) is 54.6 Å². The Labute approximate surface area is 182 Å². The van der Waals surface area contributed by atoms with Crippen LogP contribution in [0.15, 0.2) is 78.9 Å². The largest absolute Gasteiger partial charge is 0.464 e. The maximum atomic E-state index is 12.7. The molecule has 0 spiro atoms. The van der Waals surface area contributed by atoms with Crippen LogP contribution in [0.5, 0.6) is 0 Å². The summed E-state index contributed by atoms with van der Waals surface area (Å²) >= 11 is 0. The van der Waals surface area contributed by atoms with Crippen LogP contribution in [0.25, 0.3) is 11.1 Å². The van der Waals surface area contributed by atoms with E-state index in [9.17, 15) is 9.90 Å². The lowest BCUT2D eigenvalue weighted by Gasteiger charge is -2.20. The smallest absolute Gasteiger partial charge is 0.311 e. The number of carbonyl (C=O) groups excluding carboxylic acids is 1. The number of hydrogen-bond acceptors (Lipinski definition) is 5. The minimum Gasteiger partial charge on any atom is -0.464 e. The molecule has 0 bridgehead atoms. The van der Waals surface area contributed by atoms with Crippen molar-refractivity contribution >= 4 is 5.97 Å². The van der Waals surface area contributed by atoms with Crippen molar-refractivity contribution < 1.29 is 19.4 Å². The third-order valence-corrected chi connectivity index (χ3v) is 5.73. The van der Waals surface area contributed by atoms with Crippen LogP contribution >= 0.6 is 0 Å². The van der Waals surface area contributed by atoms with Gasteiger partial charge in [0.15, 0.2) is 0 Å². The molecule has 5 nitrogen and oxygen atoms in total. The van der Waals surface area contributed by atoms with E-state index in [0.717, 1.165) is 16.7 Å². The Balaban J connectivity index is 1.35. The van der Waals surface area contributed by atoms with Gasteiger partial charge in [0.1, 0.15) is 12.8 Å². The van der Waals surface area contributed by atoms with Crippen LogP contribution in [0.2, 0.25) is 0 Å². The summed E-state index contributed by atoms with van der Waals surface area (Å²) < 4.78 is 11.3. The number of rotatable bonds is 9. The molecule has 3 aromatic rings. The van der Waals surface area contributed by atoms with Crippen LogP contribution in [-0.4, -0.2) is 30.5 Å². The van der Waals surface area contributed by atoms with Gasteiger partial charge >= 0.3 is 5.97 Å². The van der Waals surface area contributed by atoms with Crippen LogP contribution < -0.4 is 5.73 Å². The van der Waals surface area contributed by atoms with E-state index in [2.05, 4.69) is 24.3 Å². The molecular weight excluding hydrogens is 390 g/mol. The highest BCUT2D eigenvalue weighted by Crippen LogP contribution is 2.44. The molecule has 5 heteroatoms. The van der Waals surface area contributed by atoms with Gasteiger partial charge in [-0.3, -0.25) is 4.79 Å². The first-order chi connectivity index (χ1) is 15.2. The van der Waals surface area contributed by atoms with E-state index in [1.54, 1.807) is 0 Å². The van der Waals surface area contributed by atoms with Gasteiger partial charge in [0.2, 0.25) is 0 Å². The number of fused-ring (bicyclic) bond motifs is 3. The number of benzene rings is 3. The Bertz CT molecular complexity index is 975. The van der Waals surface area contributed by atoms with Crippen LogP contribution in [-0.2, 0) is 20.9 Å². The zero-order valence-electron chi connectivity index (χ0n) is 17.3. The van der Waals surface area contributed by atoms with Crippen LogP contribution in [0.4, 0.5) is 0 Å². The van der Waals surface area contributed by atoms with Crippen molar-refractivity contribution in [2.75, 3.05) is 13.2 Å². The molecule has 1 aliphatic rings. The highest BCUT2D eigenvalue weighted by Gasteiger charge is 2.30. The lowest BCUT2D eigenvalue weighted by Crippen LogP contribution is -2.33. The number of aliphatic hydroxyl groups is 1. The first kappa shape index (κ1) is 21.2. The summed E-state index contributed by atoms with van der Waals surface area (Å²) in [6, 6.07) is 26.0. The Morgan fingerprint density at radius 3 is 2.10 bits per heavy atom. The number of hydrogen-bond donors (Lipinski definition) is 2. The monoisotopic (exact) mass is 417 g/mol. The summed E-state index contributed by atoms with van der Waals surface area (Å²) in [5, 5.41) is 9.73. The second-order valence-electron chi connectivity index (χ2n) is 7.81. The van der Waals surface area contributed by atoms with Crippen LogP contribution in [0, 0.1) is 5.92 Å². The molecule has 4 rings (SSSR count). The van der Waals surface area contributed by atoms with Crippen molar-refractivity contribution in [3.63, 3.8) is 0 Å². The zero-order chi connectivity index (χ0) is 21.6. The number of nitrogens with two attached hydrogens (primary N) is 1. The first-order valence-electron chi connectivity index (χ1n) is 10.5. The molecule has 0 fully saturated rings. The van der Waals surface area contributed by atoms with E-state index in [4.69, 9.17) is 15.2 Å². The Kier molecular flexibility index (Phi) is 6.77. The van der Waals surface area contributed by atoms with Gasteiger partial charge in [-0.1, -0.05) is 78.9 Å². The molecule has 3 N–H and O–H groups in total. The molecule has 0 saturated heterocycles. The summed E-state index contributed by atoms with van der Waals surface area (Å²) in [4.78, 5) is 12.7. The Morgan fingerprint density at radius 2 is 1.48 bits per heavy atom. The maximum absolute atomic E-state index is 12.7. The lowest BCUT2D eigenvalue weighted by atomic mass is 9.98. The zero-order valence-corrected chi connectivity index (χ0v) is 17.3. The normalized spacial score (nSPS) is 14.5. The Morgan fingerprint density at radius 1 is 0.903 bits per heavy atom. The van der Waals surface area contributed by atoms with Crippen LogP contribution in [0.1, 0.15) is 29.0 Å². The van der Waals surface area contributed by atoms with Gasteiger partial charge in [-0.15, -0.1) is 0 Å². The van der Waals surface area contributed by atoms with E-state index >= 15 is 0 Å². The number of carbonyl (C=O) groups is 1. The minimum atomic E-state index is -0.724. The molecule has 3 aromatic carbocycles. The summed E-state index contributed by atoms with van der Waals surface area (Å²) in [6.45, 7) is 0.243. The van der Waals surface area contributed by atoms with Crippen molar-refractivity contribution in [3.8, 4) is 11.1 Å². The minimum absolute atomic E-state index is 0.0151. The van der Waals surface area contributed by atoms with Crippen molar-refractivity contribution in [2.24, 2.45) is 11.7 Å². The topological polar surface area (TPSA) is 81.8 Å². The third-order valence-electron chi connectivity index (χ3n) is 5.73. The quantitative estimate of drug-likeness (QED) is 0.408. The number of esters is 1. The van der Waals surface area contributed by atoms with E-state index < -0.39 is 18.1 Å². The van der Waals surface area contributed by atoms with Gasteiger partial charge in [-0.2, -0.15) is 0 Å². The summed E-state index contributed by atoms with van der Waals surface area (Å²) in [7, 11) is 0. The molecule has 0 aliphatic heterocycles. The van der Waals surface area contributed by atoms with E-state index in [1.165, 1.54) is 11.1 Å². The molecule has 2 atom stereocenters. The molecule has 2 unspecified atom stereocenters. The summed E-state index contributed by atoms with van der Waals surface area (Å²) in [5.74, 6) is -1.19. The van der Waals surface area contributed by atoms with Crippen molar-refractivity contribution in [2.45, 2.75) is 25.2 Å². The van der Waals surface area contributed by atoms with Gasteiger partial charge < -0.3 is 20.3 Å². The van der Waals surface area contributed by atoms with E-state index in [-0.39, 0.29) is 25.6 Å². The average molecular weight is 418 g/mol.